The third kappa shape index (κ3) is 8.34. The Bertz CT molecular complexity index is 838. The average Bonchev–Trinajstić information content (AvgIpc) is 2.74. The predicted molar refractivity (Wildman–Crippen MR) is 117 cm³/mol. The maximum atomic E-state index is 11.9. The van der Waals surface area contributed by atoms with Gasteiger partial charge in [0.25, 0.3) is 0 Å². The minimum Gasteiger partial charge on any atom is -0.490 e. The zero-order chi connectivity index (χ0) is 21.6. The van der Waals surface area contributed by atoms with E-state index in [4.69, 9.17) is 9.47 Å². The summed E-state index contributed by atoms with van der Waals surface area (Å²) in [6.07, 6.45) is 2.84. The fourth-order valence-electron chi connectivity index (χ4n) is 2.62. The van der Waals surface area contributed by atoms with E-state index < -0.39 is 5.91 Å². The first-order chi connectivity index (χ1) is 14.6. The number of ether oxygens (including phenoxy) is 2. The third-order valence-electron chi connectivity index (χ3n) is 4.03. The van der Waals surface area contributed by atoms with Crippen molar-refractivity contribution in [3.63, 3.8) is 0 Å². The van der Waals surface area contributed by atoms with Crippen LogP contribution in [0.2, 0.25) is 0 Å². The third-order valence-corrected chi connectivity index (χ3v) is 4.03. The Morgan fingerprint density at radius 2 is 1.80 bits per heavy atom. The smallest absolute Gasteiger partial charge is 0.249 e. The molecule has 7 heteroatoms. The van der Waals surface area contributed by atoms with Gasteiger partial charge in [-0.2, -0.15) is 5.10 Å². The summed E-state index contributed by atoms with van der Waals surface area (Å²) < 4.78 is 11.3. The van der Waals surface area contributed by atoms with E-state index in [1.165, 1.54) is 6.21 Å². The minimum absolute atomic E-state index is 0.278. The Hall–Kier alpha value is -3.35. The number of hydrogen-bond acceptors (Lipinski definition) is 5. The number of hydrazone groups is 1. The summed E-state index contributed by atoms with van der Waals surface area (Å²) in [5.41, 5.74) is 4.24. The number of rotatable bonds is 12. The van der Waals surface area contributed by atoms with Crippen LogP contribution in [0.4, 0.5) is 0 Å². The molecule has 160 valence electrons. The zero-order valence-corrected chi connectivity index (χ0v) is 17.5. The molecule has 0 bridgehead atoms. The largest absolute Gasteiger partial charge is 0.490 e. The van der Waals surface area contributed by atoms with Crippen LogP contribution in [-0.4, -0.2) is 37.8 Å². The van der Waals surface area contributed by atoms with Crippen LogP contribution in [0.1, 0.15) is 37.8 Å². The van der Waals surface area contributed by atoms with Crippen molar-refractivity contribution >= 4 is 18.0 Å². The Morgan fingerprint density at radius 3 is 2.53 bits per heavy atom. The van der Waals surface area contributed by atoms with E-state index in [0.717, 1.165) is 17.5 Å². The van der Waals surface area contributed by atoms with E-state index in [0.29, 0.717) is 37.7 Å². The van der Waals surface area contributed by atoms with Crippen LogP contribution in [0.25, 0.3) is 0 Å². The molecule has 0 heterocycles. The van der Waals surface area contributed by atoms with Gasteiger partial charge in [-0.1, -0.05) is 37.3 Å². The lowest BCUT2D eigenvalue weighted by Crippen LogP contribution is -2.31. The van der Waals surface area contributed by atoms with Crippen LogP contribution in [0.3, 0.4) is 0 Å². The second-order valence-corrected chi connectivity index (χ2v) is 6.54. The summed E-state index contributed by atoms with van der Waals surface area (Å²) in [7, 11) is 0. The highest BCUT2D eigenvalue weighted by Gasteiger charge is 2.08. The van der Waals surface area contributed by atoms with Gasteiger partial charge < -0.3 is 14.8 Å². The molecule has 0 aromatic heterocycles. The van der Waals surface area contributed by atoms with E-state index in [1.54, 1.807) is 6.07 Å². The molecule has 2 rings (SSSR count). The number of nitrogens with one attached hydrogen (secondary N) is 2. The molecule has 0 aliphatic heterocycles. The first kappa shape index (κ1) is 22.9. The number of benzene rings is 2. The molecule has 2 aromatic rings. The van der Waals surface area contributed by atoms with Gasteiger partial charge in [-0.15, -0.1) is 0 Å². The molecule has 0 atom stereocenters. The number of carbonyl (C=O) groups is 2. The van der Waals surface area contributed by atoms with Crippen molar-refractivity contribution in [1.82, 2.24) is 10.7 Å². The summed E-state index contributed by atoms with van der Waals surface area (Å²) in [4.78, 5) is 23.8. The van der Waals surface area contributed by atoms with Crippen molar-refractivity contribution in [3.8, 4) is 11.5 Å². The van der Waals surface area contributed by atoms with Crippen LogP contribution in [-0.2, 0) is 16.0 Å². The van der Waals surface area contributed by atoms with Gasteiger partial charge in [0.05, 0.1) is 19.4 Å². The fourth-order valence-corrected chi connectivity index (χ4v) is 2.62. The van der Waals surface area contributed by atoms with E-state index >= 15 is 0 Å². The molecule has 2 N–H and O–H groups in total. The second-order valence-electron chi connectivity index (χ2n) is 6.54. The number of hydrogen-bond donors (Lipinski definition) is 2. The van der Waals surface area contributed by atoms with E-state index in [-0.39, 0.29) is 12.3 Å². The Morgan fingerprint density at radius 1 is 1.00 bits per heavy atom. The molecule has 2 aromatic carbocycles. The highest BCUT2D eigenvalue weighted by Crippen LogP contribution is 2.28. The van der Waals surface area contributed by atoms with Gasteiger partial charge in [0, 0.05) is 6.54 Å². The summed E-state index contributed by atoms with van der Waals surface area (Å²) >= 11 is 0. The van der Waals surface area contributed by atoms with Crippen LogP contribution in [0.5, 0.6) is 11.5 Å². The van der Waals surface area contributed by atoms with Gasteiger partial charge in [0.15, 0.2) is 11.5 Å². The number of carbonyl (C=O) groups excluding carboxylic acids is 2. The molecule has 0 aliphatic carbocycles. The molecule has 7 nitrogen and oxygen atoms in total. The molecule has 0 aliphatic rings. The van der Waals surface area contributed by atoms with Gasteiger partial charge in [-0.05, 0) is 49.1 Å². The quantitative estimate of drug-likeness (QED) is 0.319. The minimum atomic E-state index is -0.476. The standard InChI is InChI=1S/C23H29N3O4/c1-3-14-30-20-11-10-19(15-21(20)29-4-2)17-25-26-23(28)16-22(27)24-13-12-18-8-6-5-7-9-18/h5-11,15,17H,3-4,12-14,16H2,1-2H3,(H,24,27)(H,26,28)/b25-17-. The Kier molecular flexibility index (Phi) is 9.92. The first-order valence-corrected chi connectivity index (χ1v) is 10.1. The molecule has 2 amide bonds. The van der Waals surface area contributed by atoms with Crippen molar-refractivity contribution in [2.75, 3.05) is 19.8 Å². The van der Waals surface area contributed by atoms with E-state index in [1.807, 2.05) is 56.3 Å². The summed E-state index contributed by atoms with van der Waals surface area (Å²) in [6, 6.07) is 15.3. The molecule has 0 saturated carbocycles. The summed E-state index contributed by atoms with van der Waals surface area (Å²) in [5, 5.41) is 6.65. The monoisotopic (exact) mass is 411 g/mol. The molecule has 0 radical (unpaired) electrons. The van der Waals surface area contributed by atoms with Gasteiger partial charge in [-0.25, -0.2) is 5.43 Å². The maximum Gasteiger partial charge on any atom is 0.249 e. The lowest BCUT2D eigenvalue weighted by molar-refractivity contribution is -0.129. The van der Waals surface area contributed by atoms with Crippen molar-refractivity contribution in [1.29, 1.82) is 0 Å². The molecule has 0 saturated heterocycles. The Labute approximate surface area is 177 Å². The summed E-state index contributed by atoms with van der Waals surface area (Å²) in [5.74, 6) is 0.483. The second kappa shape index (κ2) is 13.0. The van der Waals surface area contributed by atoms with Crippen molar-refractivity contribution in [3.05, 3.63) is 59.7 Å². The van der Waals surface area contributed by atoms with Crippen molar-refractivity contribution < 1.29 is 19.1 Å². The van der Waals surface area contributed by atoms with Crippen LogP contribution in [0.15, 0.2) is 53.6 Å². The SMILES string of the molecule is CCCOc1ccc(/C=N\NC(=O)CC(=O)NCCc2ccccc2)cc1OCC. The lowest BCUT2D eigenvalue weighted by atomic mass is 10.1. The zero-order valence-electron chi connectivity index (χ0n) is 17.5. The highest BCUT2D eigenvalue weighted by atomic mass is 16.5. The van der Waals surface area contributed by atoms with Crippen LogP contribution >= 0.6 is 0 Å². The van der Waals surface area contributed by atoms with E-state index in [2.05, 4.69) is 15.8 Å². The lowest BCUT2D eigenvalue weighted by Gasteiger charge is -2.11. The molecule has 0 spiro atoms. The van der Waals surface area contributed by atoms with Gasteiger partial charge in [-0.3, -0.25) is 9.59 Å². The van der Waals surface area contributed by atoms with Crippen molar-refractivity contribution in [2.24, 2.45) is 5.10 Å². The van der Waals surface area contributed by atoms with E-state index in [9.17, 15) is 9.59 Å². The number of amides is 2. The van der Waals surface area contributed by atoms with Crippen LogP contribution in [0, 0.1) is 0 Å². The van der Waals surface area contributed by atoms with Gasteiger partial charge >= 0.3 is 0 Å². The van der Waals surface area contributed by atoms with Crippen LogP contribution < -0.4 is 20.2 Å². The maximum absolute atomic E-state index is 11.9. The molecular weight excluding hydrogens is 382 g/mol. The Balaban J connectivity index is 1.77. The topological polar surface area (TPSA) is 89.0 Å². The van der Waals surface area contributed by atoms with Gasteiger partial charge in [0.2, 0.25) is 11.8 Å². The number of nitrogens with zero attached hydrogens (tertiary/aromatic N) is 1. The predicted octanol–water partition coefficient (Wildman–Crippen LogP) is 3.07. The van der Waals surface area contributed by atoms with Gasteiger partial charge in [0.1, 0.15) is 6.42 Å². The first-order valence-electron chi connectivity index (χ1n) is 10.1. The normalized spacial score (nSPS) is 10.6. The average molecular weight is 412 g/mol. The highest BCUT2D eigenvalue weighted by molar-refractivity contribution is 5.97. The fraction of sp³-hybridized carbons (Fsp3) is 0.348. The molecule has 0 fully saturated rings. The summed E-state index contributed by atoms with van der Waals surface area (Å²) in [6.45, 7) is 5.53. The molecule has 0 unspecified atom stereocenters. The molecule has 30 heavy (non-hydrogen) atoms. The molecular formula is C23H29N3O4. The van der Waals surface area contributed by atoms with Crippen molar-refractivity contribution in [2.45, 2.75) is 33.1 Å².